The first-order valence-corrected chi connectivity index (χ1v) is 9.15. The van der Waals surface area contributed by atoms with Crippen LogP contribution in [-0.2, 0) is 11.2 Å². The number of hydrogen-bond donors (Lipinski definition) is 0. The molecule has 2 bridgehead atoms. The highest BCUT2D eigenvalue weighted by Gasteiger charge is 2.47. The normalized spacial score (nSPS) is 20.9. The maximum Gasteiger partial charge on any atom is 0.227 e. The lowest BCUT2D eigenvalue weighted by atomic mass is 9.86. The smallest absolute Gasteiger partial charge is 0.227 e. The van der Waals surface area contributed by atoms with Crippen LogP contribution in [0.5, 0.6) is 11.5 Å². The van der Waals surface area contributed by atoms with E-state index in [2.05, 4.69) is 14.9 Å². The number of nitrogens with zero attached hydrogens (tertiary/aromatic N) is 4. The SMILES string of the molecule is COc1ccc(CC(=O)N2C3CC2CN(c2ccnc(C)n2)C3)cc1OC. The van der Waals surface area contributed by atoms with Gasteiger partial charge in [-0.1, -0.05) is 6.07 Å². The van der Waals surface area contributed by atoms with Gasteiger partial charge in [-0.2, -0.15) is 0 Å². The van der Waals surface area contributed by atoms with Gasteiger partial charge in [-0.15, -0.1) is 0 Å². The van der Waals surface area contributed by atoms with E-state index in [0.29, 0.717) is 17.9 Å². The average molecular weight is 368 g/mol. The topological polar surface area (TPSA) is 67.8 Å². The molecule has 3 aliphatic heterocycles. The lowest BCUT2D eigenvalue weighted by Crippen LogP contribution is -2.70. The minimum atomic E-state index is 0.169. The number of aromatic nitrogens is 2. The summed E-state index contributed by atoms with van der Waals surface area (Å²) in [5, 5.41) is 0. The third-order valence-electron chi connectivity index (χ3n) is 5.37. The van der Waals surface area contributed by atoms with E-state index in [1.165, 1.54) is 0 Å². The second-order valence-electron chi connectivity index (χ2n) is 7.08. The van der Waals surface area contributed by atoms with E-state index in [0.717, 1.165) is 36.7 Å². The Balaban J connectivity index is 1.42. The zero-order chi connectivity index (χ0) is 19.0. The Hall–Kier alpha value is -2.83. The Morgan fingerprint density at radius 3 is 2.56 bits per heavy atom. The van der Waals surface area contributed by atoms with Crippen molar-refractivity contribution in [1.29, 1.82) is 0 Å². The van der Waals surface area contributed by atoms with Crippen molar-refractivity contribution in [3.63, 3.8) is 0 Å². The molecule has 2 aromatic rings. The minimum Gasteiger partial charge on any atom is -0.493 e. The summed E-state index contributed by atoms with van der Waals surface area (Å²) < 4.78 is 10.6. The summed E-state index contributed by atoms with van der Waals surface area (Å²) in [6, 6.07) is 8.09. The van der Waals surface area contributed by atoms with E-state index in [9.17, 15) is 4.79 Å². The zero-order valence-electron chi connectivity index (χ0n) is 15.9. The van der Waals surface area contributed by atoms with E-state index >= 15 is 0 Å². The number of rotatable bonds is 5. The molecule has 0 aliphatic carbocycles. The molecule has 2 atom stereocenters. The van der Waals surface area contributed by atoms with Crippen LogP contribution in [0.15, 0.2) is 30.5 Å². The molecule has 3 aliphatic rings. The molecule has 1 aromatic carbocycles. The highest BCUT2D eigenvalue weighted by Crippen LogP contribution is 2.35. The van der Waals surface area contributed by atoms with Crippen LogP contribution in [0.3, 0.4) is 0 Å². The fourth-order valence-electron chi connectivity index (χ4n) is 4.08. The summed E-state index contributed by atoms with van der Waals surface area (Å²) in [6.45, 7) is 3.54. The Bertz CT molecular complexity index is 845. The second kappa shape index (κ2) is 7.06. The van der Waals surface area contributed by atoms with Crippen LogP contribution in [0.4, 0.5) is 5.82 Å². The summed E-state index contributed by atoms with van der Waals surface area (Å²) in [7, 11) is 3.21. The van der Waals surface area contributed by atoms with Crippen molar-refractivity contribution >= 4 is 11.7 Å². The largest absolute Gasteiger partial charge is 0.493 e. The van der Waals surface area contributed by atoms with Gasteiger partial charge < -0.3 is 19.3 Å². The van der Waals surface area contributed by atoms with Crippen molar-refractivity contribution in [2.24, 2.45) is 0 Å². The Morgan fingerprint density at radius 2 is 1.89 bits per heavy atom. The minimum absolute atomic E-state index is 0.169. The number of anilines is 1. The number of methoxy groups -OCH3 is 2. The van der Waals surface area contributed by atoms with Crippen LogP contribution >= 0.6 is 0 Å². The molecule has 7 heteroatoms. The predicted octanol–water partition coefficient (Wildman–Crippen LogP) is 1.83. The number of hydrogen-bond acceptors (Lipinski definition) is 6. The van der Waals surface area contributed by atoms with Crippen molar-refractivity contribution in [2.75, 3.05) is 32.2 Å². The third-order valence-corrected chi connectivity index (χ3v) is 5.37. The van der Waals surface area contributed by atoms with Crippen LogP contribution in [0.25, 0.3) is 0 Å². The van der Waals surface area contributed by atoms with Gasteiger partial charge >= 0.3 is 0 Å². The first-order chi connectivity index (χ1) is 13.1. The quantitative estimate of drug-likeness (QED) is 0.802. The molecule has 4 heterocycles. The molecule has 3 fully saturated rings. The molecule has 27 heavy (non-hydrogen) atoms. The maximum atomic E-state index is 12.9. The Labute approximate surface area is 158 Å². The molecule has 5 rings (SSSR count). The van der Waals surface area contributed by atoms with Crippen LogP contribution in [0.1, 0.15) is 17.8 Å². The number of carbonyl (C=O) groups is 1. The van der Waals surface area contributed by atoms with E-state index in [1.807, 2.05) is 36.1 Å². The third kappa shape index (κ3) is 3.29. The van der Waals surface area contributed by atoms with Gasteiger partial charge in [-0.3, -0.25) is 4.79 Å². The van der Waals surface area contributed by atoms with E-state index in [4.69, 9.17) is 9.47 Å². The van der Waals surface area contributed by atoms with Crippen LogP contribution in [0, 0.1) is 6.92 Å². The predicted molar refractivity (Wildman–Crippen MR) is 101 cm³/mol. The Kier molecular flexibility index (Phi) is 4.59. The molecule has 142 valence electrons. The van der Waals surface area contributed by atoms with Crippen molar-refractivity contribution < 1.29 is 14.3 Å². The maximum absolute atomic E-state index is 12.9. The van der Waals surface area contributed by atoms with Gasteiger partial charge in [0.05, 0.1) is 32.7 Å². The molecular formula is C20H24N4O3. The van der Waals surface area contributed by atoms with Gasteiger partial charge in [0.1, 0.15) is 11.6 Å². The van der Waals surface area contributed by atoms with Gasteiger partial charge in [0.15, 0.2) is 11.5 Å². The number of piperazine rings is 1. The standard InChI is InChI=1S/C20H24N4O3/c1-13-21-7-6-19(22-13)23-11-15-10-16(12-23)24(15)20(25)9-14-4-5-17(26-2)18(8-14)27-3/h4-8,15-16H,9-12H2,1-3H3. The number of fused-ring (bicyclic) bond motifs is 2. The molecule has 0 N–H and O–H groups in total. The monoisotopic (exact) mass is 368 g/mol. The number of carbonyl (C=O) groups excluding carboxylic acids is 1. The molecule has 7 nitrogen and oxygen atoms in total. The number of ether oxygens (including phenoxy) is 2. The Morgan fingerprint density at radius 1 is 1.15 bits per heavy atom. The van der Waals surface area contributed by atoms with Crippen LogP contribution in [0.2, 0.25) is 0 Å². The molecule has 3 saturated heterocycles. The summed E-state index contributed by atoms with van der Waals surface area (Å²) in [5.74, 6) is 3.21. The van der Waals surface area contributed by atoms with Gasteiger partial charge in [0.25, 0.3) is 0 Å². The van der Waals surface area contributed by atoms with Gasteiger partial charge in [-0.05, 0) is 37.1 Å². The van der Waals surface area contributed by atoms with E-state index in [1.54, 1.807) is 20.4 Å². The fourth-order valence-corrected chi connectivity index (χ4v) is 4.08. The first kappa shape index (κ1) is 17.6. The molecule has 0 saturated carbocycles. The summed E-state index contributed by atoms with van der Waals surface area (Å²) >= 11 is 0. The molecule has 0 spiro atoms. The second-order valence-corrected chi connectivity index (χ2v) is 7.08. The molecular weight excluding hydrogens is 344 g/mol. The van der Waals surface area contributed by atoms with Gasteiger partial charge in [0.2, 0.25) is 5.91 Å². The number of piperidine rings is 1. The van der Waals surface area contributed by atoms with E-state index in [-0.39, 0.29) is 18.0 Å². The van der Waals surface area contributed by atoms with Gasteiger partial charge in [-0.25, -0.2) is 9.97 Å². The number of aryl methyl sites for hydroxylation is 1. The van der Waals surface area contributed by atoms with Crippen molar-refractivity contribution in [1.82, 2.24) is 14.9 Å². The van der Waals surface area contributed by atoms with Crippen molar-refractivity contribution in [3.8, 4) is 11.5 Å². The summed E-state index contributed by atoms with van der Waals surface area (Å²) in [5.41, 5.74) is 0.936. The molecule has 0 radical (unpaired) electrons. The van der Waals surface area contributed by atoms with Gasteiger partial charge in [0, 0.05) is 19.3 Å². The summed E-state index contributed by atoms with van der Waals surface area (Å²) in [4.78, 5) is 25.8. The van der Waals surface area contributed by atoms with Crippen LogP contribution in [-0.4, -0.2) is 60.2 Å². The van der Waals surface area contributed by atoms with Crippen molar-refractivity contribution in [2.45, 2.75) is 31.8 Å². The lowest BCUT2D eigenvalue weighted by molar-refractivity contribution is -0.145. The number of amides is 1. The molecule has 1 aromatic heterocycles. The highest BCUT2D eigenvalue weighted by atomic mass is 16.5. The first-order valence-electron chi connectivity index (χ1n) is 9.15. The fraction of sp³-hybridized carbons (Fsp3) is 0.450. The lowest BCUT2D eigenvalue weighted by Gasteiger charge is -2.56. The molecule has 2 unspecified atom stereocenters. The molecule has 1 amide bonds. The van der Waals surface area contributed by atoms with E-state index < -0.39 is 0 Å². The van der Waals surface area contributed by atoms with Crippen LogP contribution < -0.4 is 14.4 Å². The summed E-state index contributed by atoms with van der Waals surface area (Å²) in [6.07, 6.45) is 3.23. The average Bonchev–Trinajstić information content (AvgIpc) is 2.67. The van der Waals surface area contributed by atoms with Crippen molar-refractivity contribution in [3.05, 3.63) is 41.9 Å². The zero-order valence-corrected chi connectivity index (χ0v) is 15.9. The highest BCUT2D eigenvalue weighted by molar-refractivity contribution is 5.81. The number of benzene rings is 1.